The number of Topliss-reactive ketones (excluding diaryl/α,β-unsaturated/α-hetero) is 1. The maximum atomic E-state index is 13.4. The number of hydrogen-bond donors (Lipinski definition) is 14. The van der Waals surface area contributed by atoms with Crippen LogP contribution < -0.4 is 98.6 Å². The van der Waals surface area contributed by atoms with Gasteiger partial charge in [0.2, 0.25) is 0 Å². The SMILES string of the molecule is CC(C)(C)OC(=O)Nc1cc(N)ncn1.CN1CCC(=O)CC1.CN1CCC2(CC1)NC(=O)c1c(Cl)cc(Br)c(=O)n12.CN1CCC2(CC1)NC(=O)c1c(Cl)cc(Nc3cc(N)ncn3)c(=O)n12.CN1CCC2(CC1)NC(=O)c1c(Cl)cc(Nc3cc(N)ncn3)c(=O)n12.CN1CCC2(CC1)NC(=O)c1c(Cl)cc(Nc3cc(NC(=O)OC(C)(C)C)ncn3)c(=O)n12.Cl.Cl.NC(=O)c1[nH]c(=O)c(Br)cc1Cl. The van der Waals surface area contributed by atoms with E-state index < -0.39 is 63.1 Å². The Morgan fingerprint density at radius 2 is 0.638 bits per heavy atom. The number of fused-ring (bicyclic) bond motifs is 8. The first kappa shape index (κ1) is 111. The van der Waals surface area contributed by atoms with Crippen molar-refractivity contribution in [3.05, 3.63) is 194 Å². The van der Waals surface area contributed by atoms with E-state index in [0.717, 1.165) is 78.3 Å². The number of ketones is 1. The number of aromatic nitrogens is 13. The Balaban J connectivity index is 0.000000175. The van der Waals surface area contributed by atoms with E-state index in [0.29, 0.717) is 84.1 Å². The normalized spacial score (nSPS) is 17.2. The molecular formula is C86H106Br2Cl7N31O15. The van der Waals surface area contributed by atoms with Gasteiger partial charge >= 0.3 is 12.2 Å². The highest BCUT2D eigenvalue weighted by molar-refractivity contribution is 9.10. The van der Waals surface area contributed by atoms with Gasteiger partial charge in [-0.3, -0.25) is 81.6 Å². The number of likely N-dealkylation sites (tertiary alicyclic amines) is 5. The summed E-state index contributed by atoms with van der Waals surface area (Å²) in [4.78, 5) is 202. The molecule has 7 amide bonds. The van der Waals surface area contributed by atoms with Crippen LogP contribution in [0.2, 0.25) is 25.1 Å². The lowest BCUT2D eigenvalue weighted by Crippen LogP contribution is -2.53. The average molecular weight is 2220 g/mol. The van der Waals surface area contributed by atoms with E-state index in [1.165, 1.54) is 98.2 Å². The maximum absolute atomic E-state index is 13.4. The number of nitrogens with one attached hydrogen (secondary N) is 10. The Morgan fingerprint density at radius 3 is 0.936 bits per heavy atom. The highest BCUT2D eigenvalue weighted by Gasteiger charge is 2.51. The van der Waals surface area contributed by atoms with Crippen molar-refractivity contribution in [1.29, 1.82) is 0 Å². The molecule has 141 heavy (non-hydrogen) atoms. The second-order valence-electron chi connectivity index (χ2n) is 35.9. The molecule has 18 N–H and O–H groups in total. The van der Waals surface area contributed by atoms with Crippen molar-refractivity contribution in [3.63, 3.8) is 0 Å². The molecule has 0 bridgehead atoms. The lowest BCUT2D eigenvalue weighted by molar-refractivity contribution is -0.121. The first-order chi connectivity index (χ1) is 65.4. The van der Waals surface area contributed by atoms with Crippen molar-refractivity contribution in [1.82, 2.24) is 109 Å². The number of H-pyrrole nitrogens is 1. The number of primary amides is 1. The van der Waals surface area contributed by atoms with E-state index in [4.69, 9.17) is 90.4 Å². The van der Waals surface area contributed by atoms with Gasteiger partial charge in [0.1, 0.15) is 157 Å². The van der Waals surface area contributed by atoms with Crippen LogP contribution in [-0.2, 0) is 36.9 Å². The van der Waals surface area contributed by atoms with Crippen molar-refractivity contribution in [2.75, 3.05) is 144 Å². The molecule has 55 heteroatoms. The molecule has 18 heterocycles. The molecule has 0 aliphatic carbocycles. The number of nitrogen functional groups attached to an aromatic ring is 3. The minimum atomic E-state index is -0.813. The van der Waals surface area contributed by atoms with Gasteiger partial charge in [-0.2, -0.15) is 0 Å². The number of nitrogens with zero attached hydrogens (tertiary/aromatic N) is 17. The zero-order chi connectivity index (χ0) is 101. The molecule has 0 aromatic carbocycles. The Bertz CT molecular complexity index is 6420. The summed E-state index contributed by atoms with van der Waals surface area (Å²) in [6, 6.07) is 13.0. The van der Waals surface area contributed by atoms with Crippen LogP contribution in [0.4, 0.5) is 73.2 Å². The number of carbonyl (C=O) groups excluding carboxylic acids is 8. The number of rotatable bonds is 9. The van der Waals surface area contributed by atoms with Crippen LogP contribution in [0.3, 0.4) is 0 Å². The maximum Gasteiger partial charge on any atom is 0.413 e. The van der Waals surface area contributed by atoms with Crippen LogP contribution in [0.5, 0.6) is 0 Å². The zero-order valence-corrected chi connectivity index (χ0v) is 86.7. The van der Waals surface area contributed by atoms with Gasteiger partial charge in [0.05, 0.1) is 34.1 Å². The number of amides is 7. The lowest BCUT2D eigenvalue weighted by atomic mass is 9.97. The van der Waals surface area contributed by atoms with Gasteiger partial charge in [-0.15, -0.1) is 24.8 Å². The third-order valence-corrected chi connectivity index (χ3v) is 25.9. The number of anilines is 11. The molecule has 9 aromatic heterocycles. The van der Waals surface area contributed by atoms with Gasteiger partial charge in [0, 0.05) is 154 Å². The van der Waals surface area contributed by atoms with Crippen LogP contribution in [0.25, 0.3) is 0 Å². The monoisotopic (exact) mass is 2220 g/mol. The first-order valence-corrected chi connectivity index (χ1v) is 46.8. The van der Waals surface area contributed by atoms with E-state index in [1.807, 2.05) is 35.2 Å². The average Bonchev–Trinajstić information content (AvgIpc) is 1.59. The molecule has 5 saturated heterocycles. The summed E-state index contributed by atoms with van der Waals surface area (Å²) >= 11 is 37.0. The topological polar surface area (TPSA) is 608 Å². The predicted octanol–water partition coefficient (Wildman–Crippen LogP) is 8.79. The molecule has 9 aliphatic rings. The summed E-state index contributed by atoms with van der Waals surface area (Å²) in [7, 11) is 10.1. The van der Waals surface area contributed by atoms with E-state index in [1.54, 1.807) is 41.5 Å². The van der Waals surface area contributed by atoms with Crippen molar-refractivity contribution in [2.45, 2.75) is 140 Å². The minimum Gasteiger partial charge on any atom is -0.444 e. The summed E-state index contributed by atoms with van der Waals surface area (Å²) < 4.78 is 16.9. The second-order valence-corrected chi connectivity index (χ2v) is 39.7. The Labute approximate surface area is 860 Å². The molecule has 46 nitrogen and oxygen atoms in total. The van der Waals surface area contributed by atoms with Crippen LogP contribution in [0.1, 0.15) is 158 Å². The summed E-state index contributed by atoms with van der Waals surface area (Å²) in [5, 5.41) is 26.7. The van der Waals surface area contributed by atoms with Gasteiger partial charge in [0.15, 0.2) is 0 Å². The van der Waals surface area contributed by atoms with Crippen LogP contribution >= 0.6 is 115 Å². The first-order valence-electron chi connectivity index (χ1n) is 43.4. The zero-order valence-electron chi connectivity index (χ0n) is 78.1. The Hall–Kier alpha value is -11.8. The third-order valence-electron chi connectivity index (χ3n) is 23.3. The number of nitrogens with two attached hydrogens (primary N) is 4. The minimum absolute atomic E-state index is 0. The summed E-state index contributed by atoms with van der Waals surface area (Å²) in [5.41, 5.74) is 17.2. The Morgan fingerprint density at radius 1 is 0.376 bits per heavy atom. The summed E-state index contributed by atoms with van der Waals surface area (Å²) in [6.07, 6.45) is 10.5. The molecule has 9 aromatic rings. The fourth-order valence-corrected chi connectivity index (χ4v) is 18.7. The van der Waals surface area contributed by atoms with Crippen molar-refractivity contribution >= 4 is 226 Å². The largest absolute Gasteiger partial charge is 0.444 e. The quantitative estimate of drug-likeness (QED) is 0.0641. The van der Waals surface area contributed by atoms with Gasteiger partial charge in [-0.05, 0) is 139 Å². The van der Waals surface area contributed by atoms with Crippen molar-refractivity contribution in [2.24, 2.45) is 5.73 Å². The molecular weight excluding hydrogens is 2120 g/mol. The fraction of sp³-hybridized carbons (Fsp3) is 0.430. The van der Waals surface area contributed by atoms with Gasteiger partial charge in [0.25, 0.3) is 57.3 Å². The number of carbonyl (C=O) groups is 8. The number of aromatic amines is 1. The molecule has 4 spiro atoms. The van der Waals surface area contributed by atoms with Crippen LogP contribution in [0.15, 0.2) is 113 Å². The number of hydrogen-bond acceptors (Lipinski definition) is 34. The van der Waals surface area contributed by atoms with E-state index >= 15 is 0 Å². The van der Waals surface area contributed by atoms with Gasteiger partial charge < -0.3 is 99.1 Å². The fourth-order valence-electron chi connectivity index (χ4n) is 16.3. The molecule has 9 aliphatic heterocycles. The molecule has 5 fully saturated rings. The number of piperidine rings is 5. The van der Waals surface area contributed by atoms with E-state index in [2.05, 4.69) is 149 Å². The molecule has 0 radical (unpaired) electrons. The van der Waals surface area contributed by atoms with Crippen LogP contribution in [-0.4, -0.2) is 247 Å². The summed E-state index contributed by atoms with van der Waals surface area (Å²) in [6.45, 7) is 18.7. The molecule has 0 atom stereocenters. The number of pyridine rings is 5. The molecule has 758 valence electrons. The van der Waals surface area contributed by atoms with E-state index in [-0.39, 0.29) is 164 Å². The third kappa shape index (κ3) is 26.8. The molecule has 0 unspecified atom stereocenters. The van der Waals surface area contributed by atoms with Crippen LogP contribution in [0, 0.1) is 0 Å². The Kier molecular flexibility index (Phi) is 36.3. The smallest absolute Gasteiger partial charge is 0.413 e. The standard InChI is InChI=1S/C21H26ClN7O4.2C16H18ClN7O2.C12H13BrClN3O2.C9H14N4O2.C6H4BrClN2O2.C6H11NO.2ClH/c1-20(2,3)33-19(32)26-15-10-14(23-11-24-15)25-13-9-12(22)16-17(30)27-21(29(16)18(13)31)5-7-28(4)8-6-21;2*1-23-4-2-16(3-5-23)22-14(25)13-9(17)6-10(15(26)24(13)16)21-12-7-11(18)19-8-20-12;1-16-4-2-12(3-5-16)15-10(18)9-8(14)6-7(13)11(19)17(9)12;1-9(2,3)15-8(14)13-7-4-6(10)11-5-12-7;7-2-1-3(8)4(5(9)11)10-6(2)12;1-7-4-2-6(8)3-5-7;;/h9-11H,5-8H2,1-4H3,(H,27,30)(H2,23,24,25,26,32);2*6-8H,2-5H2,1H3,(H,22,25)(H3,18,19,20,21);6H,2-5H2,1H3,(H,15,18);4-5H,1-3H3,(H3,10,11,12,13,14);1H,(H2,9,11)(H,10,12);2-5H2,1H3;2*1H. The molecule has 0 saturated carbocycles. The molecule has 18 rings (SSSR count). The van der Waals surface area contributed by atoms with Crippen molar-refractivity contribution in [3.8, 4) is 0 Å². The predicted molar refractivity (Wildman–Crippen MR) is 545 cm³/mol. The van der Waals surface area contributed by atoms with Gasteiger partial charge in [-0.1, -0.05) is 58.0 Å². The lowest BCUT2D eigenvalue weighted by Gasteiger charge is -2.39. The summed E-state index contributed by atoms with van der Waals surface area (Å²) in [5.74, 6) is 0.749. The van der Waals surface area contributed by atoms with E-state index in [9.17, 15) is 62.3 Å². The highest BCUT2D eigenvalue weighted by atomic mass is 79.9. The van der Waals surface area contributed by atoms with Gasteiger partial charge in [-0.25, -0.2) is 49.5 Å². The second kappa shape index (κ2) is 46.1. The van der Waals surface area contributed by atoms with Crippen molar-refractivity contribution < 1.29 is 47.8 Å². The highest BCUT2D eigenvalue weighted by Crippen LogP contribution is 2.41. The number of halogens is 9. The number of ether oxygens (including phenoxy) is 2.